The SMILES string of the molecule is Cc1ccc(C(=O)N2CCO[C@H]3[C@@H](Oc4cccnc4)CC[C@@H]32)cn1. The lowest BCUT2D eigenvalue weighted by atomic mass is 10.1. The number of aryl methyl sites for hydroxylation is 1. The van der Waals surface area contributed by atoms with E-state index < -0.39 is 0 Å². The number of morpholine rings is 1. The molecule has 1 aliphatic carbocycles. The Morgan fingerprint density at radius 2 is 2.20 bits per heavy atom. The van der Waals surface area contributed by atoms with E-state index in [0.717, 1.165) is 24.3 Å². The number of hydrogen-bond donors (Lipinski definition) is 0. The molecule has 1 aliphatic heterocycles. The fourth-order valence-corrected chi connectivity index (χ4v) is 3.65. The minimum Gasteiger partial charge on any atom is -0.486 e. The monoisotopic (exact) mass is 339 g/mol. The zero-order chi connectivity index (χ0) is 17.2. The molecule has 25 heavy (non-hydrogen) atoms. The average molecular weight is 339 g/mol. The van der Waals surface area contributed by atoms with E-state index in [-0.39, 0.29) is 24.2 Å². The molecule has 0 spiro atoms. The van der Waals surface area contributed by atoms with Gasteiger partial charge in [-0.3, -0.25) is 14.8 Å². The number of rotatable bonds is 3. The summed E-state index contributed by atoms with van der Waals surface area (Å²) in [4.78, 5) is 23.1. The molecule has 0 bridgehead atoms. The molecular formula is C19H21N3O3. The molecule has 1 saturated heterocycles. The van der Waals surface area contributed by atoms with Gasteiger partial charge in [0, 0.05) is 24.6 Å². The summed E-state index contributed by atoms with van der Waals surface area (Å²) in [6.07, 6.45) is 6.66. The van der Waals surface area contributed by atoms with Crippen LogP contribution < -0.4 is 4.74 Å². The fourth-order valence-electron chi connectivity index (χ4n) is 3.65. The van der Waals surface area contributed by atoms with E-state index in [9.17, 15) is 4.79 Å². The van der Waals surface area contributed by atoms with E-state index >= 15 is 0 Å². The maximum Gasteiger partial charge on any atom is 0.255 e. The van der Waals surface area contributed by atoms with Crippen molar-refractivity contribution in [1.29, 1.82) is 0 Å². The summed E-state index contributed by atoms with van der Waals surface area (Å²) in [5.41, 5.74) is 1.53. The largest absolute Gasteiger partial charge is 0.486 e. The maximum absolute atomic E-state index is 12.9. The summed E-state index contributed by atoms with van der Waals surface area (Å²) in [5, 5.41) is 0. The maximum atomic E-state index is 12.9. The molecule has 6 nitrogen and oxygen atoms in total. The van der Waals surface area contributed by atoms with Gasteiger partial charge in [-0.05, 0) is 44.0 Å². The summed E-state index contributed by atoms with van der Waals surface area (Å²) in [5.74, 6) is 0.760. The Morgan fingerprint density at radius 3 is 2.96 bits per heavy atom. The molecular weight excluding hydrogens is 318 g/mol. The highest BCUT2D eigenvalue weighted by Crippen LogP contribution is 2.33. The van der Waals surface area contributed by atoms with Gasteiger partial charge in [-0.1, -0.05) is 0 Å². The Hall–Kier alpha value is -2.47. The number of amides is 1. The summed E-state index contributed by atoms with van der Waals surface area (Å²) >= 11 is 0. The first kappa shape index (κ1) is 16.0. The van der Waals surface area contributed by atoms with Crippen LogP contribution in [0.3, 0.4) is 0 Å². The van der Waals surface area contributed by atoms with Gasteiger partial charge < -0.3 is 14.4 Å². The van der Waals surface area contributed by atoms with Gasteiger partial charge in [0.2, 0.25) is 0 Å². The lowest BCUT2D eigenvalue weighted by molar-refractivity contribution is -0.0786. The van der Waals surface area contributed by atoms with Gasteiger partial charge in [0.25, 0.3) is 5.91 Å². The van der Waals surface area contributed by atoms with Gasteiger partial charge in [-0.25, -0.2) is 0 Å². The van der Waals surface area contributed by atoms with E-state index in [2.05, 4.69) is 9.97 Å². The number of ether oxygens (including phenoxy) is 2. The van der Waals surface area contributed by atoms with Crippen LogP contribution >= 0.6 is 0 Å². The van der Waals surface area contributed by atoms with Gasteiger partial charge in [0.15, 0.2) is 0 Å². The number of nitrogens with zero attached hydrogens (tertiary/aromatic N) is 3. The lowest BCUT2D eigenvalue weighted by Crippen LogP contribution is -2.54. The molecule has 0 radical (unpaired) electrons. The number of fused-ring (bicyclic) bond motifs is 1. The molecule has 6 heteroatoms. The predicted molar refractivity (Wildman–Crippen MR) is 91.4 cm³/mol. The first-order chi connectivity index (χ1) is 12.2. The van der Waals surface area contributed by atoms with Crippen LogP contribution in [0.15, 0.2) is 42.9 Å². The van der Waals surface area contributed by atoms with Crippen LogP contribution in [0.4, 0.5) is 0 Å². The second-order valence-corrected chi connectivity index (χ2v) is 6.51. The van der Waals surface area contributed by atoms with Crippen molar-refractivity contribution in [2.75, 3.05) is 13.2 Å². The highest BCUT2D eigenvalue weighted by atomic mass is 16.5. The van der Waals surface area contributed by atoms with Crippen LogP contribution in [0.25, 0.3) is 0 Å². The topological polar surface area (TPSA) is 64.6 Å². The van der Waals surface area contributed by atoms with E-state index in [1.165, 1.54) is 0 Å². The fraction of sp³-hybridized carbons (Fsp3) is 0.421. The number of hydrogen-bond acceptors (Lipinski definition) is 5. The van der Waals surface area contributed by atoms with Crippen molar-refractivity contribution in [2.24, 2.45) is 0 Å². The molecule has 0 N–H and O–H groups in total. The Labute approximate surface area is 146 Å². The van der Waals surface area contributed by atoms with Crippen molar-refractivity contribution in [1.82, 2.24) is 14.9 Å². The van der Waals surface area contributed by atoms with E-state index in [1.54, 1.807) is 18.6 Å². The number of carbonyl (C=O) groups is 1. The quantitative estimate of drug-likeness (QED) is 0.858. The zero-order valence-corrected chi connectivity index (χ0v) is 14.2. The van der Waals surface area contributed by atoms with Gasteiger partial charge >= 0.3 is 0 Å². The minimum absolute atomic E-state index is 0.0211. The lowest BCUT2D eigenvalue weighted by Gasteiger charge is -2.39. The van der Waals surface area contributed by atoms with Gasteiger partial charge in [-0.2, -0.15) is 0 Å². The van der Waals surface area contributed by atoms with Crippen molar-refractivity contribution in [3.8, 4) is 5.75 Å². The molecule has 3 atom stereocenters. The molecule has 2 aliphatic rings. The summed E-state index contributed by atoms with van der Waals surface area (Å²) in [6.45, 7) is 3.04. The smallest absolute Gasteiger partial charge is 0.255 e. The normalized spacial score (nSPS) is 25.5. The molecule has 0 unspecified atom stereocenters. The Balaban J connectivity index is 1.49. The predicted octanol–water partition coefficient (Wildman–Crippen LogP) is 2.24. The van der Waals surface area contributed by atoms with Crippen LogP contribution in [-0.2, 0) is 4.74 Å². The summed E-state index contributed by atoms with van der Waals surface area (Å²) in [6, 6.07) is 7.50. The molecule has 2 aromatic heterocycles. The highest BCUT2D eigenvalue weighted by Gasteiger charge is 2.45. The molecule has 0 aromatic carbocycles. The standard InChI is InChI=1S/C19H21N3O3/c1-13-4-5-14(11-21-13)19(23)22-9-10-24-18-16(22)6-7-17(18)25-15-3-2-8-20-12-15/h2-5,8,11-12,16-18H,6-7,9-10H2,1H3/t16-,17-,18+/m0/s1. The van der Waals surface area contributed by atoms with E-state index in [1.807, 2.05) is 36.1 Å². The van der Waals surface area contributed by atoms with E-state index in [4.69, 9.17) is 9.47 Å². The first-order valence-corrected chi connectivity index (χ1v) is 8.64. The minimum atomic E-state index is -0.101. The van der Waals surface area contributed by atoms with Gasteiger partial charge in [0.1, 0.15) is 18.0 Å². The Bertz CT molecular complexity index is 735. The van der Waals surface area contributed by atoms with Crippen molar-refractivity contribution in [3.63, 3.8) is 0 Å². The number of pyridine rings is 2. The van der Waals surface area contributed by atoms with Crippen LogP contribution in [0, 0.1) is 6.92 Å². The Kier molecular flexibility index (Phi) is 4.36. The third-order valence-electron chi connectivity index (χ3n) is 4.88. The molecule has 1 saturated carbocycles. The Morgan fingerprint density at radius 1 is 1.28 bits per heavy atom. The van der Waals surface area contributed by atoms with Crippen LogP contribution in [-0.4, -0.2) is 52.2 Å². The van der Waals surface area contributed by atoms with Crippen molar-refractivity contribution in [3.05, 3.63) is 54.1 Å². The number of carbonyl (C=O) groups excluding carboxylic acids is 1. The molecule has 2 fully saturated rings. The third kappa shape index (κ3) is 3.22. The first-order valence-electron chi connectivity index (χ1n) is 8.64. The second kappa shape index (κ2) is 6.80. The van der Waals surface area contributed by atoms with Crippen LogP contribution in [0.2, 0.25) is 0 Å². The molecule has 4 rings (SSSR count). The zero-order valence-electron chi connectivity index (χ0n) is 14.2. The second-order valence-electron chi connectivity index (χ2n) is 6.51. The van der Waals surface area contributed by atoms with Crippen molar-refractivity contribution < 1.29 is 14.3 Å². The molecule has 2 aromatic rings. The molecule has 130 valence electrons. The van der Waals surface area contributed by atoms with Crippen molar-refractivity contribution >= 4 is 5.91 Å². The van der Waals surface area contributed by atoms with Gasteiger partial charge in [-0.15, -0.1) is 0 Å². The van der Waals surface area contributed by atoms with E-state index in [0.29, 0.717) is 18.7 Å². The van der Waals surface area contributed by atoms with Crippen molar-refractivity contribution in [2.45, 2.75) is 38.0 Å². The van der Waals surface area contributed by atoms with Crippen LogP contribution in [0.1, 0.15) is 28.9 Å². The molecule has 3 heterocycles. The molecule has 1 amide bonds. The van der Waals surface area contributed by atoms with Crippen LogP contribution in [0.5, 0.6) is 5.75 Å². The summed E-state index contributed by atoms with van der Waals surface area (Å²) in [7, 11) is 0. The highest BCUT2D eigenvalue weighted by molar-refractivity contribution is 5.94. The average Bonchev–Trinajstić information content (AvgIpc) is 3.06. The number of aromatic nitrogens is 2. The van der Waals surface area contributed by atoms with Gasteiger partial charge in [0.05, 0.1) is 24.4 Å². The third-order valence-corrected chi connectivity index (χ3v) is 4.88. The summed E-state index contributed by atoms with van der Waals surface area (Å²) < 4.78 is 12.0.